The Morgan fingerprint density at radius 3 is 2.53 bits per heavy atom. The Bertz CT molecular complexity index is 615. The van der Waals surface area contributed by atoms with Gasteiger partial charge in [0.25, 0.3) is 0 Å². The summed E-state index contributed by atoms with van der Waals surface area (Å²) >= 11 is 6.14. The first-order chi connectivity index (χ1) is 7.84. The number of fused-ring (bicyclic) bond motifs is 1. The van der Waals surface area contributed by atoms with Crippen molar-refractivity contribution in [2.45, 2.75) is 0 Å². The van der Waals surface area contributed by atoms with Crippen molar-refractivity contribution in [1.82, 2.24) is 9.38 Å². The number of aromatic nitrogens is 2. The summed E-state index contributed by atoms with van der Waals surface area (Å²) in [4.78, 5) is 4.52. The lowest BCUT2D eigenvalue weighted by Crippen LogP contribution is -1.77. The van der Waals surface area contributed by atoms with Crippen LogP contribution in [0.2, 0.25) is 5.02 Å². The lowest BCUT2D eigenvalue weighted by Gasteiger charge is -1.97. The zero-order valence-electron chi connectivity index (χ0n) is 8.88. The minimum absolute atomic E-state index is 0. The zero-order chi connectivity index (χ0) is 11.0. The van der Waals surface area contributed by atoms with Gasteiger partial charge >= 0.3 is 0 Å². The Kier molecular flexibility index (Phi) is 3.50. The molecule has 4 heteroatoms. The highest BCUT2D eigenvalue weighted by Gasteiger charge is 2.06. The summed E-state index contributed by atoms with van der Waals surface area (Å²) in [5.41, 5.74) is 2.79. The van der Waals surface area contributed by atoms with Gasteiger partial charge in [-0.15, -0.1) is 17.0 Å². The van der Waals surface area contributed by atoms with Crippen molar-refractivity contribution in [3.63, 3.8) is 0 Å². The molecule has 2 heterocycles. The van der Waals surface area contributed by atoms with E-state index in [1.165, 1.54) is 0 Å². The molecule has 0 aliphatic carbocycles. The van der Waals surface area contributed by atoms with Crippen LogP contribution in [0.3, 0.4) is 0 Å². The van der Waals surface area contributed by atoms with Crippen molar-refractivity contribution in [2.75, 3.05) is 0 Å². The van der Waals surface area contributed by atoms with Gasteiger partial charge in [0.2, 0.25) is 0 Å². The van der Waals surface area contributed by atoms with Crippen molar-refractivity contribution in [2.24, 2.45) is 0 Å². The second-order valence-corrected chi connectivity index (χ2v) is 3.98. The van der Waals surface area contributed by atoms with Gasteiger partial charge in [0, 0.05) is 18.0 Å². The minimum Gasteiger partial charge on any atom is -0.306 e. The van der Waals surface area contributed by atoms with E-state index in [4.69, 9.17) is 11.6 Å². The summed E-state index contributed by atoms with van der Waals surface area (Å²) in [5, 5.41) is 0.728. The third-order valence-corrected chi connectivity index (χ3v) is 2.84. The first-order valence-electron chi connectivity index (χ1n) is 5.03. The molecular weight excluding hydrogens is 300 g/mol. The van der Waals surface area contributed by atoms with Crippen LogP contribution in [0, 0.1) is 0 Å². The maximum Gasteiger partial charge on any atom is 0.137 e. The summed E-state index contributed by atoms with van der Waals surface area (Å²) in [5.74, 6) is 0. The third kappa shape index (κ3) is 2.21. The number of hydrogen-bond donors (Lipinski definition) is 0. The first kappa shape index (κ1) is 12.1. The highest BCUT2D eigenvalue weighted by atomic mass is 79.9. The molecule has 0 radical (unpaired) electrons. The van der Waals surface area contributed by atoms with Gasteiger partial charge in [0.15, 0.2) is 0 Å². The molecule has 2 nitrogen and oxygen atoms in total. The molecule has 3 aromatic rings. The number of halogens is 2. The molecule has 0 saturated carbocycles. The van der Waals surface area contributed by atoms with Gasteiger partial charge in [0.05, 0.1) is 10.7 Å². The molecule has 3 rings (SSSR count). The van der Waals surface area contributed by atoms with Crippen molar-refractivity contribution < 1.29 is 0 Å². The summed E-state index contributed by atoms with van der Waals surface area (Å²) in [7, 11) is 0. The van der Waals surface area contributed by atoms with Crippen LogP contribution in [0.15, 0.2) is 54.9 Å². The maximum absolute atomic E-state index is 6.14. The number of pyridine rings is 1. The average Bonchev–Trinajstić information content (AvgIpc) is 2.73. The Balaban J connectivity index is 0.00000108. The molecule has 86 valence electrons. The van der Waals surface area contributed by atoms with Crippen molar-refractivity contribution in [3.05, 3.63) is 59.9 Å². The fourth-order valence-electron chi connectivity index (χ4n) is 1.73. The summed E-state index contributed by atoms with van der Waals surface area (Å²) in [6, 6.07) is 13.7. The molecule has 0 spiro atoms. The SMILES string of the molecule is Br.Clc1ccccc1-c1cn2ccccc2n1. The lowest BCUT2D eigenvalue weighted by atomic mass is 10.2. The van der Waals surface area contributed by atoms with E-state index in [9.17, 15) is 0 Å². The van der Waals surface area contributed by atoms with Gasteiger partial charge in [-0.3, -0.25) is 0 Å². The number of nitrogens with zero attached hydrogens (tertiary/aromatic N) is 2. The van der Waals surface area contributed by atoms with Gasteiger partial charge in [-0.05, 0) is 18.2 Å². The van der Waals surface area contributed by atoms with Gasteiger partial charge in [-0.1, -0.05) is 35.9 Å². The molecule has 0 N–H and O–H groups in total. The molecular formula is C13H10BrClN2. The predicted octanol–water partition coefficient (Wildman–Crippen LogP) is 4.23. The van der Waals surface area contributed by atoms with Gasteiger partial charge in [0.1, 0.15) is 5.65 Å². The van der Waals surface area contributed by atoms with Crippen LogP contribution in [0.1, 0.15) is 0 Å². The summed E-state index contributed by atoms with van der Waals surface area (Å²) in [6.07, 6.45) is 3.96. The first-order valence-corrected chi connectivity index (χ1v) is 5.41. The highest BCUT2D eigenvalue weighted by Crippen LogP contribution is 2.26. The van der Waals surface area contributed by atoms with Crippen molar-refractivity contribution in [3.8, 4) is 11.3 Å². The lowest BCUT2D eigenvalue weighted by molar-refractivity contribution is 1.19. The van der Waals surface area contributed by atoms with E-state index >= 15 is 0 Å². The van der Waals surface area contributed by atoms with E-state index in [1.807, 2.05) is 59.3 Å². The quantitative estimate of drug-likeness (QED) is 0.657. The van der Waals surface area contributed by atoms with E-state index in [2.05, 4.69) is 4.98 Å². The highest BCUT2D eigenvalue weighted by molar-refractivity contribution is 8.93. The Morgan fingerprint density at radius 2 is 1.76 bits per heavy atom. The van der Waals surface area contributed by atoms with Gasteiger partial charge < -0.3 is 4.40 Å². The van der Waals surface area contributed by atoms with Crippen LogP contribution in [0.4, 0.5) is 0 Å². The summed E-state index contributed by atoms with van der Waals surface area (Å²) in [6.45, 7) is 0. The van der Waals surface area contributed by atoms with E-state index in [0.717, 1.165) is 21.9 Å². The van der Waals surface area contributed by atoms with Crippen LogP contribution < -0.4 is 0 Å². The predicted molar refractivity (Wildman–Crippen MR) is 76.0 cm³/mol. The number of hydrogen-bond acceptors (Lipinski definition) is 1. The van der Waals surface area contributed by atoms with Crippen molar-refractivity contribution in [1.29, 1.82) is 0 Å². The van der Waals surface area contributed by atoms with Crippen LogP contribution >= 0.6 is 28.6 Å². The molecule has 1 aromatic carbocycles. The van der Waals surface area contributed by atoms with Crippen LogP contribution in [-0.2, 0) is 0 Å². The monoisotopic (exact) mass is 308 g/mol. The third-order valence-electron chi connectivity index (χ3n) is 2.51. The fraction of sp³-hybridized carbons (Fsp3) is 0. The van der Waals surface area contributed by atoms with Crippen LogP contribution in [0.25, 0.3) is 16.9 Å². The number of benzene rings is 1. The molecule has 0 saturated heterocycles. The molecule has 2 aromatic heterocycles. The largest absolute Gasteiger partial charge is 0.306 e. The molecule has 0 amide bonds. The van der Waals surface area contributed by atoms with Crippen LogP contribution in [0.5, 0.6) is 0 Å². The zero-order valence-corrected chi connectivity index (χ0v) is 11.3. The Morgan fingerprint density at radius 1 is 1.00 bits per heavy atom. The molecule has 0 bridgehead atoms. The van der Waals surface area contributed by atoms with Gasteiger partial charge in [-0.25, -0.2) is 4.98 Å². The molecule has 0 atom stereocenters. The van der Waals surface area contributed by atoms with E-state index in [0.29, 0.717) is 0 Å². The Labute approximate surface area is 115 Å². The standard InChI is InChI=1S/C13H9ClN2.BrH/c14-11-6-2-1-5-10(11)12-9-16-8-4-3-7-13(16)15-12;/h1-9H;1H. The average molecular weight is 310 g/mol. The minimum atomic E-state index is 0. The van der Waals surface area contributed by atoms with E-state index in [-0.39, 0.29) is 17.0 Å². The second kappa shape index (κ2) is 4.90. The molecule has 0 fully saturated rings. The summed E-state index contributed by atoms with van der Waals surface area (Å²) < 4.78 is 1.98. The fourth-order valence-corrected chi connectivity index (χ4v) is 1.97. The Hall–Kier alpha value is -1.32. The van der Waals surface area contributed by atoms with E-state index in [1.54, 1.807) is 0 Å². The van der Waals surface area contributed by atoms with Gasteiger partial charge in [-0.2, -0.15) is 0 Å². The normalized spacial score (nSPS) is 10.2. The molecule has 0 unspecified atom stereocenters. The van der Waals surface area contributed by atoms with Crippen LogP contribution in [-0.4, -0.2) is 9.38 Å². The van der Waals surface area contributed by atoms with E-state index < -0.39 is 0 Å². The number of imidazole rings is 1. The number of rotatable bonds is 1. The molecule has 0 aliphatic heterocycles. The maximum atomic E-state index is 6.14. The second-order valence-electron chi connectivity index (χ2n) is 3.57. The molecule has 0 aliphatic rings. The van der Waals surface area contributed by atoms with Crippen molar-refractivity contribution >= 4 is 34.2 Å². The molecule has 17 heavy (non-hydrogen) atoms. The smallest absolute Gasteiger partial charge is 0.137 e. The topological polar surface area (TPSA) is 17.3 Å².